The van der Waals surface area contributed by atoms with E-state index in [2.05, 4.69) is 11.4 Å². The number of ether oxygens (including phenoxy) is 1. The summed E-state index contributed by atoms with van der Waals surface area (Å²) in [6, 6.07) is 9.20. The number of nitrogens with zero attached hydrogens (tertiary/aromatic N) is 1. The Labute approximate surface area is 123 Å². The van der Waals surface area contributed by atoms with Crippen molar-refractivity contribution in [3.63, 3.8) is 0 Å². The van der Waals surface area contributed by atoms with E-state index in [9.17, 15) is 14.9 Å². The van der Waals surface area contributed by atoms with Crippen LogP contribution < -0.4 is 5.32 Å². The normalized spacial score (nSPS) is 16.0. The summed E-state index contributed by atoms with van der Waals surface area (Å²) in [7, 11) is 0. The summed E-state index contributed by atoms with van der Waals surface area (Å²) in [6.07, 6.45) is 3.16. The Morgan fingerprint density at radius 2 is 2.00 bits per heavy atom. The van der Waals surface area contributed by atoms with E-state index in [1.165, 1.54) is 0 Å². The molecule has 0 bridgehead atoms. The molecule has 1 aliphatic rings. The molecular weight excluding hydrogens is 268 g/mol. The first-order valence-electron chi connectivity index (χ1n) is 7.01. The van der Waals surface area contributed by atoms with Gasteiger partial charge in [0.05, 0.1) is 11.6 Å². The second-order valence-corrected chi connectivity index (χ2v) is 5.34. The van der Waals surface area contributed by atoms with E-state index in [1.54, 1.807) is 25.1 Å². The van der Waals surface area contributed by atoms with E-state index in [4.69, 9.17) is 4.74 Å². The third-order valence-electron chi connectivity index (χ3n) is 3.75. The van der Waals surface area contributed by atoms with E-state index in [-0.39, 0.29) is 6.61 Å². The van der Waals surface area contributed by atoms with Gasteiger partial charge in [-0.2, -0.15) is 5.26 Å². The number of aryl methyl sites for hydroxylation is 1. The summed E-state index contributed by atoms with van der Waals surface area (Å²) in [5.41, 5.74) is 0.458. The maximum absolute atomic E-state index is 11.9. The Balaban J connectivity index is 1.88. The molecule has 0 spiro atoms. The van der Waals surface area contributed by atoms with Crippen molar-refractivity contribution in [1.29, 1.82) is 5.26 Å². The van der Waals surface area contributed by atoms with Gasteiger partial charge in [0.1, 0.15) is 5.54 Å². The lowest BCUT2D eigenvalue weighted by atomic mass is 10.00. The molecule has 1 amide bonds. The van der Waals surface area contributed by atoms with Gasteiger partial charge < -0.3 is 10.1 Å². The second-order valence-electron chi connectivity index (χ2n) is 5.34. The Morgan fingerprint density at radius 3 is 2.62 bits per heavy atom. The lowest BCUT2D eigenvalue weighted by Crippen LogP contribution is -2.46. The molecule has 5 heteroatoms. The fourth-order valence-electron chi connectivity index (χ4n) is 2.56. The maximum atomic E-state index is 11.9. The molecule has 0 saturated heterocycles. The molecule has 1 aliphatic carbocycles. The minimum Gasteiger partial charge on any atom is -0.452 e. The third kappa shape index (κ3) is 3.60. The fraction of sp³-hybridized carbons (Fsp3) is 0.438. The van der Waals surface area contributed by atoms with E-state index >= 15 is 0 Å². The average molecular weight is 286 g/mol. The van der Waals surface area contributed by atoms with Crippen molar-refractivity contribution in [1.82, 2.24) is 5.32 Å². The van der Waals surface area contributed by atoms with Crippen molar-refractivity contribution in [3.05, 3.63) is 35.4 Å². The van der Waals surface area contributed by atoms with Gasteiger partial charge in [0.25, 0.3) is 5.91 Å². The van der Waals surface area contributed by atoms with Crippen molar-refractivity contribution < 1.29 is 14.3 Å². The first-order valence-corrected chi connectivity index (χ1v) is 7.01. The van der Waals surface area contributed by atoms with Crippen LogP contribution in [0.1, 0.15) is 41.6 Å². The van der Waals surface area contributed by atoms with Gasteiger partial charge in [0, 0.05) is 0 Å². The summed E-state index contributed by atoms with van der Waals surface area (Å²) in [4.78, 5) is 23.7. The molecule has 110 valence electrons. The second kappa shape index (κ2) is 6.40. The van der Waals surface area contributed by atoms with E-state index in [0.29, 0.717) is 18.4 Å². The molecule has 0 aromatic heterocycles. The van der Waals surface area contributed by atoms with Crippen molar-refractivity contribution in [3.8, 4) is 6.07 Å². The molecule has 0 heterocycles. The zero-order chi connectivity index (χ0) is 15.3. The largest absolute Gasteiger partial charge is 0.452 e. The Bertz CT molecular complexity index is 583. The highest BCUT2D eigenvalue weighted by molar-refractivity contribution is 5.92. The van der Waals surface area contributed by atoms with Crippen LogP contribution in [-0.2, 0) is 9.53 Å². The molecule has 21 heavy (non-hydrogen) atoms. The Kier molecular flexibility index (Phi) is 4.59. The molecular formula is C16H18N2O3. The van der Waals surface area contributed by atoms with E-state index < -0.39 is 17.4 Å². The Hall–Kier alpha value is -2.35. The van der Waals surface area contributed by atoms with Gasteiger partial charge in [-0.25, -0.2) is 4.79 Å². The molecule has 1 aromatic carbocycles. The van der Waals surface area contributed by atoms with Crippen LogP contribution in [0, 0.1) is 18.3 Å². The molecule has 1 aromatic rings. The molecule has 0 unspecified atom stereocenters. The number of hydrogen-bond donors (Lipinski definition) is 1. The number of benzene rings is 1. The zero-order valence-electron chi connectivity index (χ0n) is 12.0. The van der Waals surface area contributed by atoms with Crippen LogP contribution in [0.15, 0.2) is 24.3 Å². The third-order valence-corrected chi connectivity index (χ3v) is 3.75. The van der Waals surface area contributed by atoms with Gasteiger partial charge >= 0.3 is 5.97 Å². The van der Waals surface area contributed by atoms with Crippen LogP contribution >= 0.6 is 0 Å². The first kappa shape index (κ1) is 15.0. The van der Waals surface area contributed by atoms with Crippen molar-refractivity contribution in [2.75, 3.05) is 6.61 Å². The maximum Gasteiger partial charge on any atom is 0.338 e. The smallest absolute Gasteiger partial charge is 0.338 e. The van der Waals surface area contributed by atoms with Crippen LogP contribution in [0.3, 0.4) is 0 Å². The predicted molar refractivity (Wildman–Crippen MR) is 76.4 cm³/mol. The first-order chi connectivity index (χ1) is 10.1. The summed E-state index contributed by atoms with van der Waals surface area (Å²) in [5.74, 6) is -0.957. The number of hydrogen-bond acceptors (Lipinski definition) is 4. The highest BCUT2D eigenvalue weighted by Gasteiger charge is 2.35. The molecule has 2 rings (SSSR count). The van der Waals surface area contributed by atoms with Gasteiger partial charge in [0.2, 0.25) is 0 Å². The molecule has 0 radical (unpaired) electrons. The number of esters is 1. The van der Waals surface area contributed by atoms with Gasteiger partial charge in [0.15, 0.2) is 6.61 Å². The molecule has 0 atom stereocenters. The molecule has 5 nitrogen and oxygen atoms in total. The lowest BCUT2D eigenvalue weighted by molar-refractivity contribution is -0.125. The zero-order valence-corrected chi connectivity index (χ0v) is 12.0. The minimum absolute atomic E-state index is 0.364. The lowest BCUT2D eigenvalue weighted by Gasteiger charge is -2.21. The number of nitriles is 1. The summed E-state index contributed by atoms with van der Waals surface area (Å²) >= 11 is 0. The number of carbonyl (C=O) groups is 2. The summed E-state index contributed by atoms with van der Waals surface area (Å²) < 4.78 is 5.01. The van der Waals surface area contributed by atoms with Gasteiger partial charge in [-0.15, -0.1) is 0 Å². The number of carbonyl (C=O) groups excluding carboxylic acids is 2. The van der Waals surface area contributed by atoms with Crippen LogP contribution in [0.5, 0.6) is 0 Å². The minimum atomic E-state index is -0.786. The van der Waals surface area contributed by atoms with Crippen molar-refractivity contribution in [2.24, 2.45) is 0 Å². The molecule has 1 N–H and O–H groups in total. The quantitative estimate of drug-likeness (QED) is 0.860. The van der Waals surface area contributed by atoms with Crippen molar-refractivity contribution >= 4 is 11.9 Å². The molecule has 0 aliphatic heterocycles. The van der Waals surface area contributed by atoms with Crippen LogP contribution in [-0.4, -0.2) is 24.0 Å². The number of rotatable bonds is 4. The van der Waals surface area contributed by atoms with Gasteiger partial charge in [-0.3, -0.25) is 4.79 Å². The van der Waals surface area contributed by atoms with E-state index in [1.807, 2.05) is 6.07 Å². The molecule has 1 saturated carbocycles. The highest BCUT2D eigenvalue weighted by atomic mass is 16.5. The SMILES string of the molecule is Cc1ccccc1C(=O)OCC(=O)NC1(C#N)CCCC1. The fourth-order valence-corrected chi connectivity index (χ4v) is 2.56. The molecule has 1 fully saturated rings. The van der Waals surface area contributed by atoms with Gasteiger partial charge in [-0.1, -0.05) is 18.2 Å². The standard InChI is InChI=1S/C16H18N2O3/c1-12-6-2-3-7-13(12)15(20)21-10-14(19)18-16(11-17)8-4-5-9-16/h2-3,6-7H,4-5,8-10H2,1H3,(H,18,19). The topological polar surface area (TPSA) is 79.2 Å². The van der Waals surface area contributed by atoms with Crippen LogP contribution in [0.4, 0.5) is 0 Å². The van der Waals surface area contributed by atoms with Crippen molar-refractivity contribution in [2.45, 2.75) is 38.1 Å². The summed E-state index contributed by atoms with van der Waals surface area (Å²) in [6.45, 7) is 1.44. The highest BCUT2D eigenvalue weighted by Crippen LogP contribution is 2.28. The Morgan fingerprint density at radius 1 is 1.33 bits per heavy atom. The van der Waals surface area contributed by atoms with Crippen LogP contribution in [0.25, 0.3) is 0 Å². The number of nitrogens with one attached hydrogen (secondary N) is 1. The number of amides is 1. The predicted octanol–water partition coefficient (Wildman–Crippen LogP) is 2.10. The van der Waals surface area contributed by atoms with Gasteiger partial charge in [-0.05, 0) is 44.2 Å². The van der Waals surface area contributed by atoms with E-state index in [0.717, 1.165) is 18.4 Å². The monoisotopic (exact) mass is 286 g/mol. The van der Waals surface area contributed by atoms with Crippen LogP contribution in [0.2, 0.25) is 0 Å². The summed E-state index contributed by atoms with van der Waals surface area (Å²) in [5, 5.41) is 11.9. The average Bonchev–Trinajstić information content (AvgIpc) is 2.94.